The van der Waals surface area contributed by atoms with Crippen molar-refractivity contribution in [3.63, 3.8) is 0 Å². The van der Waals surface area contributed by atoms with Gasteiger partial charge in [-0.1, -0.05) is 0 Å². The van der Waals surface area contributed by atoms with Gasteiger partial charge in [0, 0.05) is 0 Å². The Kier molecular flexibility index (Phi) is 4.39. The lowest BCUT2D eigenvalue weighted by atomic mass is 10.6. The number of aliphatic carboxylic acids is 1. The van der Waals surface area contributed by atoms with Crippen LogP contribution in [-0.4, -0.2) is 38.0 Å². The van der Waals surface area contributed by atoms with Crippen LogP contribution in [0.15, 0.2) is 0 Å². The van der Waals surface area contributed by atoms with Gasteiger partial charge in [-0.2, -0.15) is 0 Å². The third-order valence-electron chi connectivity index (χ3n) is 0.691. The molecule has 0 heterocycles. The highest BCUT2D eigenvalue weighted by atomic mass is 32.2. The lowest BCUT2D eigenvalue weighted by Gasteiger charge is -1.97. The molecule has 0 saturated carbocycles. The van der Waals surface area contributed by atoms with Gasteiger partial charge in [0.1, 0.15) is 12.3 Å². The van der Waals surface area contributed by atoms with Gasteiger partial charge in [-0.05, 0) is 0 Å². The molecule has 64 valence electrons. The molecule has 0 rings (SSSR count). The molecule has 1 amide bonds. The number of carbonyl (C=O) groups is 2. The van der Waals surface area contributed by atoms with E-state index in [-0.39, 0.29) is 0 Å². The molecular formula is C4H7NO5S. The third kappa shape index (κ3) is 6.94. The lowest BCUT2D eigenvalue weighted by molar-refractivity contribution is -0.137. The Balaban J connectivity index is 3.53. The second-order valence-corrected chi connectivity index (χ2v) is 2.57. The minimum Gasteiger partial charge on any atom is -0.480 e. The van der Waals surface area contributed by atoms with Gasteiger partial charge in [-0.15, -0.1) is 0 Å². The van der Waals surface area contributed by atoms with Crippen molar-refractivity contribution in [1.82, 2.24) is 5.32 Å². The maximum absolute atomic E-state index is 10.4. The van der Waals surface area contributed by atoms with Crippen LogP contribution in [0.4, 0.5) is 0 Å². The summed E-state index contributed by atoms with van der Waals surface area (Å²) in [5.74, 6) is -2.54. The van der Waals surface area contributed by atoms with E-state index in [4.69, 9.17) is 9.66 Å². The summed E-state index contributed by atoms with van der Waals surface area (Å²) >= 11 is -2.22. The molecule has 0 aliphatic carbocycles. The van der Waals surface area contributed by atoms with Crippen molar-refractivity contribution in [3.05, 3.63) is 0 Å². The van der Waals surface area contributed by atoms with Crippen molar-refractivity contribution >= 4 is 23.0 Å². The van der Waals surface area contributed by atoms with Crippen molar-refractivity contribution in [2.45, 2.75) is 0 Å². The lowest BCUT2D eigenvalue weighted by Crippen LogP contribution is -2.32. The second-order valence-electron chi connectivity index (χ2n) is 1.64. The maximum atomic E-state index is 10.4. The van der Waals surface area contributed by atoms with Crippen molar-refractivity contribution in [3.8, 4) is 0 Å². The largest absolute Gasteiger partial charge is 0.480 e. The number of nitrogens with one attached hydrogen (secondary N) is 1. The average molecular weight is 181 g/mol. The second kappa shape index (κ2) is 4.80. The Morgan fingerprint density at radius 2 is 2.00 bits per heavy atom. The topological polar surface area (TPSA) is 104 Å². The van der Waals surface area contributed by atoms with Gasteiger partial charge in [0.25, 0.3) is 0 Å². The van der Waals surface area contributed by atoms with Crippen molar-refractivity contribution in [2.24, 2.45) is 0 Å². The van der Waals surface area contributed by atoms with Gasteiger partial charge in [0.05, 0.1) is 0 Å². The van der Waals surface area contributed by atoms with Crippen LogP contribution in [0.5, 0.6) is 0 Å². The van der Waals surface area contributed by atoms with Crippen LogP contribution >= 0.6 is 0 Å². The smallest absolute Gasteiger partial charge is 0.322 e. The zero-order chi connectivity index (χ0) is 8.85. The molecule has 11 heavy (non-hydrogen) atoms. The zero-order valence-corrected chi connectivity index (χ0v) is 6.26. The number of rotatable bonds is 4. The van der Waals surface area contributed by atoms with Gasteiger partial charge >= 0.3 is 5.97 Å². The van der Waals surface area contributed by atoms with E-state index in [0.717, 1.165) is 0 Å². The van der Waals surface area contributed by atoms with Crippen molar-refractivity contribution < 1.29 is 23.5 Å². The molecule has 3 N–H and O–H groups in total. The van der Waals surface area contributed by atoms with E-state index in [1.807, 2.05) is 5.32 Å². The number of carboxylic acid groups (broad SMARTS) is 1. The highest BCUT2D eigenvalue weighted by Crippen LogP contribution is 1.73. The van der Waals surface area contributed by atoms with E-state index in [1.165, 1.54) is 0 Å². The van der Waals surface area contributed by atoms with Gasteiger partial charge in [-0.25, -0.2) is 4.21 Å². The van der Waals surface area contributed by atoms with E-state index in [2.05, 4.69) is 0 Å². The summed E-state index contributed by atoms with van der Waals surface area (Å²) in [5.41, 5.74) is 0. The minimum absolute atomic E-state index is 0.532. The van der Waals surface area contributed by atoms with Crippen LogP contribution in [0.1, 0.15) is 0 Å². The average Bonchev–Trinajstić information content (AvgIpc) is 1.82. The van der Waals surface area contributed by atoms with Gasteiger partial charge in [-0.3, -0.25) is 9.59 Å². The Hall–Kier alpha value is -0.950. The molecular weight excluding hydrogens is 174 g/mol. The number of hydrogen-bond acceptors (Lipinski definition) is 3. The number of carbonyl (C=O) groups excluding carboxylic acids is 1. The normalized spacial score (nSPS) is 12.1. The van der Waals surface area contributed by atoms with E-state index in [0.29, 0.717) is 0 Å². The predicted molar refractivity (Wildman–Crippen MR) is 36.3 cm³/mol. The van der Waals surface area contributed by atoms with E-state index in [9.17, 15) is 13.8 Å². The van der Waals surface area contributed by atoms with Crippen molar-refractivity contribution in [2.75, 3.05) is 12.3 Å². The summed E-state index contributed by atoms with van der Waals surface area (Å²) in [6, 6.07) is 0. The fourth-order valence-electron chi connectivity index (χ4n) is 0.337. The summed E-state index contributed by atoms with van der Waals surface area (Å²) in [6.45, 7) is -0.532. The summed E-state index contributed by atoms with van der Waals surface area (Å²) in [4.78, 5) is 20.3. The summed E-state index contributed by atoms with van der Waals surface area (Å²) in [7, 11) is 0. The highest BCUT2D eigenvalue weighted by Gasteiger charge is 2.05. The van der Waals surface area contributed by atoms with Gasteiger partial charge < -0.3 is 15.0 Å². The fourth-order valence-corrected chi connectivity index (χ4v) is 0.664. The zero-order valence-electron chi connectivity index (χ0n) is 5.44. The van der Waals surface area contributed by atoms with Gasteiger partial charge in [0.15, 0.2) is 11.1 Å². The minimum atomic E-state index is -2.22. The summed E-state index contributed by atoms with van der Waals surface area (Å²) in [6.07, 6.45) is 0. The molecule has 0 aromatic rings. The van der Waals surface area contributed by atoms with Crippen LogP contribution in [0.2, 0.25) is 0 Å². The van der Waals surface area contributed by atoms with E-state index in [1.54, 1.807) is 0 Å². The summed E-state index contributed by atoms with van der Waals surface area (Å²) < 4.78 is 18.1. The monoisotopic (exact) mass is 181 g/mol. The first kappa shape index (κ1) is 10.0. The maximum Gasteiger partial charge on any atom is 0.322 e. The molecule has 0 saturated heterocycles. The number of carboxylic acids is 1. The molecule has 0 aromatic heterocycles. The molecule has 0 fully saturated rings. The predicted octanol–water partition coefficient (Wildman–Crippen LogP) is -1.59. The molecule has 1 atom stereocenters. The first-order valence-corrected chi connectivity index (χ1v) is 3.86. The SMILES string of the molecule is O=C(O)CNC(=O)CS(=O)O. The molecule has 0 bridgehead atoms. The Bertz CT molecular complexity index is 191. The first-order chi connectivity index (χ1) is 5.02. The highest BCUT2D eigenvalue weighted by molar-refractivity contribution is 7.80. The first-order valence-electron chi connectivity index (χ1n) is 2.58. The van der Waals surface area contributed by atoms with Crippen LogP contribution in [0.3, 0.4) is 0 Å². The quantitative estimate of drug-likeness (QED) is 0.453. The molecule has 7 heteroatoms. The standard InChI is InChI=1S/C4H7NO5S/c6-3(2-11(9)10)5-1-4(7)8/h1-2H2,(H,5,6)(H,7,8)(H,9,10). The molecule has 1 unspecified atom stereocenters. The van der Waals surface area contributed by atoms with E-state index < -0.39 is 35.3 Å². The Labute approximate surface area is 64.9 Å². The van der Waals surface area contributed by atoms with Crippen LogP contribution in [0, 0.1) is 0 Å². The van der Waals surface area contributed by atoms with Crippen molar-refractivity contribution in [1.29, 1.82) is 0 Å². The molecule has 0 radical (unpaired) electrons. The Morgan fingerprint density at radius 1 is 1.45 bits per heavy atom. The Morgan fingerprint density at radius 3 is 2.36 bits per heavy atom. The molecule has 0 aliphatic rings. The fraction of sp³-hybridized carbons (Fsp3) is 0.500. The molecule has 0 spiro atoms. The summed E-state index contributed by atoms with van der Waals surface area (Å²) in [5, 5.41) is 9.97. The van der Waals surface area contributed by atoms with Gasteiger partial charge in [0.2, 0.25) is 5.91 Å². The molecule has 0 aromatic carbocycles. The number of amides is 1. The molecule has 6 nitrogen and oxygen atoms in total. The van der Waals surface area contributed by atoms with Crippen LogP contribution < -0.4 is 5.32 Å². The van der Waals surface area contributed by atoms with Crippen LogP contribution in [0.25, 0.3) is 0 Å². The number of hydrogen-bond donors (Lipinski definition) is 3. The third-order valence-corrected chi connectivity index (χ3v) is 1.20. The van der Waals surface area contributed by atoms with E-state index >= 15 is 0 Å². The van der Waals surface area contributed by atoms with Crippen LogP contribution in [-0.2, 0) is 20.7 Å². The molecule has 0 aliphatic heterocycles.